The van der Waals surface area contributed by atoms with Gasteiger partial charge in [0.2, 0.25) is 5.91 Å². The Morgan fingerprint density at radius 2 is 1.97 bits per heavy atom. The van der Waals surface area contributed by atoms with Gasteiger partial charge in [-0.3, -0.25) is 4.79 Å². The van der Waals surface area contributed by atoms with Gasteiger partial charge in [0.05, 0.1) is 19.4 Å². The number of aromatic carboxylic acids is 1. The van der Waals surface area contributed by atoms with Crippen molar-refractivity contribution in [3.8, 4) is 22.6 Å². The third-order valence-electron chi connectivity index (χ3n) is 5.12. The van der Waals surface area contributed by atoms with E-state index in [0.29, 0.717) is 39.9 Å². The van der Waals surface area contributed by atoms with Gasteiger partial charge in [-0.2, -0.15) is 0 Å². The molecule has 1 aliphatic rings. The number of hydrogen-bond acceptors (Lipinski definition) is 5. The summed E-state index contributed by atoms with van der Waals surface area (Å²) in [4.78, 5) is 25.7. The molecule has 160 valence electrons. The summed E-state index contributed by atoms with van der Waals surface area (Å²) in [7, 11) is 1.56. The van der Waals surface area contributed by atoms with E-state index in [4.69, 9.17) is 21.1 Å². The third kappa shape index (κ3) is 3.98. The maximum absolute atomic E-state index is 12.6. The Hall–Kier alpha value is -3.03. The van der Waals surface area contributed by atoms with Crippen molar-refractivity contribution >= 4 is 40.5 Å². The van der Waals surface area contributed by atoms with Crippen LogP contribution in [0.15, 0.2) is 42.5 Å². The van der Waals surface area contributed by atoms with Crippen LogP contribution >= 0.6 is 22.9 Å². The lowest BCUT2D eigenvalue weighted by atomic mass is 9.88. The summed E-state index contributed by atoms with van der Waals surface area (Å²) < 4.78 is 11.1. The van der Waals surface area contributed by atoms with Crippen molar-refractivity contribution in [1.29, 1.82) is 0 Å². The van der Waals surface area contributed by atoms with Gasteiger partial charge in [-0.25, -0.2) is 4.79 Å². The molecule has 6 nitrogen and oxygen atoms in total. The molecule has 4 rings (SSSR count). The maximum Gasteiger partial charge on any atom is 0.346 e. The molecule has 2 N–H and O–H groups in total. The smallest absolute Gasteiger partial charge is 0.346 e. The van der Waals surface area contributed by atoms with E-state index in [2.05, 4.69) is 5.32 Å². The molecule has 1 amide bonds. The van der Waals surface area contributed by atoms with Crippen molar-refractivity contribution in [1.82, 2.24) is 0 Å². The zero-order valence-electron chi connectivity index (χ0n) is 16.9. The number of amides is 1. The maximum atomic E-state index is 12.6. The summed E-state index contributed by atoms with van der Waals surface area (Å²) in [5.74, 6) is -0.317. The van der Waals surface area contributed by atoms with E-state index >= 15 is 0 Å². The van der Waals surface area contributed by atoms with Crippen molar-refractivity contribution in [2.24, 2.45) is 0 Å². The Kier molecular flexibility index (Phi) is 5.89. The molecule has 2 heterocycles. The number of rotatable bonds is 6. The van der Waals surface area contributed by atoms with Gasteiger partial charge in [0.25, 0.3) is 0 Å². The van der Waals surface area contributed by atoms with Crippen molar-refractivity contribution in [3.05, 3.63) is 62.8 Å². The van der Waals surface area contributed by atoms with Gasteiger partial charge in [0, 0.05) is 27.8 Å². The minimum Gasteiger partial charge on any atom is -0.493 e. The number of carbonyl (C=O) groups excluding carboxylic acids is 1. The SMILES string of the molecule is CCOc1ccc([C@H]2CC(=O)Nc3c2sc(C(=O)O)c3-c2ccc(Cl)cc2)cc1OC. The minimum absolute atomic E-state index is 0.171. The Labute approximate surface area is 188 Å². The summed E-state index contributed by atoms with van der Waals surface area (Å²) >= 11 is 7.19. The Bertz CT molecular complexity index is 1160. The van der Waals surface area contributed by atoms with E-state index in [9.17, 15) is 14.7 Å². The second-order valence-corrected chi connectivity index (χ2v) is 8.49. The van der Waals surface area contributed by atoms with Gasteiger partial charge < -0.3 is 19.9 Å². The number of anilines is 1. The molecule has 0 spiro atoms. The van der Waals surface area contributed by atoms with Gasteiger partial charge in [0.1, 0.15) is 4.88 Å². The fraction of sp³-hybridized carbons (Fsp3) is 0.217. The van der Waals surface area contributed by atoms with Crippen LogP contribution in [0.5, 0.6) is 11.5 Å². The van der Waals surface area contributed by atoms with Crippen LogP contribution in [-0.4, -0.2) is 30.7 Å². The minimum atomic E-state index is -1.04. The molecule has 0 aliphatic carbocycles. The van der Waals surface area contributed by atoms with Gasteiger partial charge in [0.15, 0.2) is 11.5 Å². The second-order valence-electron chi connectivity index (χ2n) is 7.01. The Balaban J connectivity index is 1.87. The molecule has 1 atom stereocenters. The van der Waals surface area contributed by atoms with E-state index in [1.807, 2.05) is 25.1 Å². The van der Waals surface area contributed by atoms with E-state index in [1.165, 1.54) is 11.3 Å². The number of carboxylic acid groups (broad SMARTS) is 1. The van der Waals surface area contributed by atoms with Gasteiger partial charge >= 0.3 is 5.97 Å². The van der Waals surface area contributed by atoms with Crippen LogP contribution in [0.2, 0.25) is 5.02 Å². The van der Waals surface area contributed by atoms with Gasteiger partial charge in [-0.05, 0) is 42.3 Å². The first kappa shape index (κ1) is 21.2. The summed E-state index contributed by atoms with van der Waals surface area (Å²) in [6, 6.07) is 12.5. The van der Waals surface area contributed by atoms with Crippen LogP contribution in [0, 0.1) is 0 Å². The average Bonchev–Trinajstić information content (AvgIpc) is 3.14. The van der Waals surface area contributed by atoms with Crippen LogP contribution in [0.1, 0.15) is 39.4 Å². The molecule has 2 aromatic carbocycles. The molecule has 1 aliphatic heterocycles. The molecule has 0 unspecified atom stereocenters. The first-order valence-corrected chi connectivity index (χ1v) is 10.9. The highest BCUT2D eigenvalue weighted by atomic mass is 35.5. The standard InChI is InChI=1S/C23H20ClNO5S/c1-3-30-16-9-6-13(10-17(16)29-2)15-11-18(26)25-20-19(12-4-7-14(24)8-5-12)22(23(27)28)31-21(15)20/h4-10,15H,3,11H2,1-2H3,(H,25,26)(H,27,28)/t15-/m1/s1. The van der Waals surface area contributed by atoms with Crippen molar-refractivity contribution in [2.45, 2.75) is 19.3 Å². The summed E-state index contributed by atoms with van der Waals surface area (Å²) in [6.45, 7) is 2.39. The normalized spacial score (nSPS) is 15.2. The zero-order chi connectivity index (χ0) is 22.1. The molecule has 0 saturated carbocycles. The second kappa shape index (κ2) is 8.61. The van der Waals surface area contributed by atoms with E-state index in [0.717, 1.165) is 10.4 Å². The van der Waals surface area contributed by atoms with E-state index in [1.54, 1.807) is 31.4 Å². The first-order valence-electron chi connectivity index (χ1n) is 9.69. The van der Waals surface area contributed by atoms with Crippen LogP contribution in [-0.2, 0) is 4.79 Å². The summed E-state index contributed by atoms with van der Waals surface area (Å²) in [5, 5.41) is 13.3. The predicted octanol–water partition coefficient (Wildman–Crippen LogP) is 5.65. The van der Waals surface area contributed by atoms with Crippen LogP contribution < -0.4 is 14.8 Å². The number of benzene rings is 2. The largest absolute Gasteiger partial charge is 0.493 e. The number of halogens is 1. The molecule has 0 saturated heterocycles. The Morgan fingerprint density at radius 1 is 1.23 bits per heavy atom. The molecular weight excluding hydrogens is 438 g/mol. The van der Waals surface area contributed by atoms with Crippen molar-refractivity contribution in [3.63, 3.8) is 0 Å². The van der Waals surface area contributed by atoms with Crippen LogP contribution in [0.3, 0.4) is 0 Å². The van der Waals surface area contributed by atoms with Crippen LogP contribution in [0.4, 0.5) is 5.69 Å². The highest BCUT2D eigenvalue weighted by Gasteiger charge is 2.34. The first-order chi connectivity index (χ1) is 14.9. The highest BCUT2D eigenvalue weighted by Crippen LogP contribution is 2.50. The number of nitrogens with one attached hydrogen (secondary N) is 1. The number of carboxylic acids is 1. The van der Waals surface area contributed by atoms with Crippen molar-refractivity contribution in [2.75, 3.05) is 19.0 Å². The number of methoxy groups -OCH3 is 1. The van der Waals surface area contributed by atoms with Gasteiger partial charge in [-0.1, -0.05) is 29.8 Å². The lowest BCUT2D eigenvalue weighted by Crippen LogP contribution is -2.22. The number of thiophene rings is 1. The predicted molar refractivity (Wildman–Crippen MR) is 121 cm³/mol. The highest BCUT2D eigenvalue weighted by molar-refractivity contribution is 7.15. The molecule has 1 aromatic heterocycles. The molecule has 31 heavy (non-hydrogen) atoms. The summed E-state index contributed by atoms with van der Waals surface area (Å²) in [5.41, 5.74) is 2.58. The average molecular weight is 458 g/mol. The monoisotopic (exact) mass is 457 g/mol. The third-order valence-corrected chi connectivity index (χ3v) is 6.67. The lowest BCUT2D eigenvalue weighted by Gasteiger charge is -2.24. The molecule has 0 bridgehead atoms. The Morgan fingerprint density at radius 3 is 2.61 bits per heavy atom. The number of fused-ring (bicyclic) bond motifs is 1. The van der Waals surface area contributed by atoms with E-state index in [-0.39, 0.29) is 23.1 Å². The number of hydrogen-bond donors (Lipinski definition) is 2. The van der Waals surface area contributed by atoms with Gasteiger partial charge in [-0.15, -0.1) is 11.3 Å². The van der Waals surface area contributed by atoms with Crippen molar-refractivity contribution < 1.29 is 24.2 Å². The number of carbonyl (C=O) groups is 2. The fourth-order valence-corrected chi connectivity index (χ4v) is 5.15. The lowest BCUT2D eigenvalue weighted by molar-refractivity contribution is -0.116. The topological polar surface area (TPSA) is 84.9 Å². The molecule has 0 radical (unpaired) electrons. The molecular formula is C23H20ClNO5S. The van der Waals surface area contributed by atoms with Crippen LogP contribution in [0.25, 0.3) is 11.1 Å². The number of ether oxygens (including phenoxy) is 2. The molecule has 0 fully saturated rings. The molecule has 8 heteroatoms. The zero-order valence-corrected chi connectivity index (χ0v) is 18.5. The molecule has 3 aromatic rings. The van der Waals surface area contributed by atoms with E-state index < -0.39 is 5.97 Å². The fourth-order valence-electron chi connectivity index (χ4n) is 3.77. The quantitative estimate of drug-likeness (QED) is 0.499. The summed E-state index contributed by atoms with van der Waals surface area (Å²) in [6.07, 6.45) is 0.212.